The molecule has 26 nitrogen and oxygen atoms in total. The molecule has 12 fully saturated rings. The maximum atomic E-state index is 16.4. The molecule has 16 aromatic rings. The minimum absolute atomic E-state index is 0.0178. The number of aromatic hydroxyl groups is 4. The van der Waals surface area contributed by atoms with Crippen molar-refractivity contribution in [3.05, 3.63) is 194 Å². The highest BCUT2D eigenvalue weighted by atomic mass is 19.1. The first kappa shape index (κ1) is 89.4. The molecule has 30 heteroatoms. The van der Waals surface area contributed by atoms with Crippen LogP contribution in [0.2, 0.25) is 0 Å². The molecule has 4 saturated carbocycles. The summed E-state index contributed by atoms with van der Waals surface area (Å²) in [5, 5.41) is 60.4. The molecule has 8 aliphatic heterocycles. The first-order valence-corrected chi connectivity index (χ1v) is 50.9. The van der Waals surface area contributed by atoms with Crippen LogP contribution in [0.4, 0.5) is 64.6 Å². The van der Waals surface area contributed by atoms with E-state index in [1.807, 2.05) is 102 Å². The Morgan fingerprint density at radius 3 is 0.824 bits per heavy atom. The summed E-state index contributed by atoms with van der Waals surface area (Å²) in [7, 11) is 4.16. The molecule has 12 aliphatic rings. The van der Waals surface area contributed by atoms with E-state index in [0.29, 0.717) is 138 Å². The van der Waals surface area contributed by atoms with E-state index in [2.05, 4.69) is 73.2 Å². The maximum Gasteiger partial charge on any atom is 0.228 e. The summed E-state index contributed by atoms with van der Waals surface area (Å²) in [6, 6.07) is 44.0. The lowest BCUT2D eigenvalue weighted by Crippen LogP contribution is -2.58. The van der Waals surface area contributed by atoms with Crippen molar-refractivity contribution < 1.29 is 43.1 Å². The first-order chi connectivity index (χ1) is 69.3. The Labute approximate surface area is 818 Å². The number of phenolic OH excluding ortho intramolecular Hbond substituents is 4. The summed E-state index contributed by atoms with van der Waals surface area (Å²) in [4.78, 5) is 77.1. The van der Waals surface area contributed by atoms with Crippen LogP contribution in [0, 0.1) is 70.6 Å². The normalized spacial score (nSPS) is 22.3. The van der Waals surface area contributed by atoms with Crippen LogP contribution in [-0.4, -0.2) is 221 Å². The minimum Gasteiger partial charge on any atom is -0.508 e. The fourth-order valence-electron chi connectivity index (χ4n) is 25.1. The third kappa shape index (κ3) is 16.4. The van der Waals surface area contributed by atoms with Gasteiger partial charge in [-0.2, -0.15) is 19.9 Å². The van der Waals surface area contributed by atoms with Crippen LogP contribution in [0.15, 0.2) is 170 Å². The monoisotopic (exact) mass is 1910 g/mol. The van der Waals surface area contributed by atoms with Crippen LogP contribution in [0.1, 0.15) is 103 Å². The summed E-state index contributed by atoms with van der Waals surface area (Å²) in [5.74, 6) is 9.17. The summed E-state index contributed by atoms with van der Waals surface area (Å²) in [5.41, 5.74) is 4.14. The number of benzene rings is 8. The Morgan fingerprint density at radius 1 is 0.296 bits per heavy atom. The minimum atomic E-state index is -0.519. The van der Waals surface area contributed by atoms with E-state index < -0.39 is 23.3 Å². The second-order valence-corrected chi connectivity index (χ2v) is 42.2. The van der Waals surface area contributed by atoms with Crippen molar-refractivity contribution in [3.63, 3.8) is 0 Å². The number of likely N-dealkylation sites (N-methyl/N-ethyl adjacent to an activating group) is 1. The Balaban J connectivity index is 0.0000000996. The second-order valence-electron chi connectivity index (χ2n) is 42.2. The van der Waals surface area contributed by atoms with Gasteiger partial charge < -0.3 is 69.6 Å². The van der Waals surface area contributed by atoms with Gasteiger partial charge in [-0.25, -0.2) is 37.5 Å². The highest BCUT2D eigenvalue weighted by Crippen LogP contribution is 2.50. The zero-order valence-corrected chi connectivity index (χ0v) is 79.7. The van der Waals surface area contributed by atoms with E-state index in [0.717, 1.165) is 190 Å². The van der Waals surface area contributed by atoms with Crippen LogP contribution in [0.3, 0.4) is 0 Å². The number of anilines is 8. The van der Waals surface area contributed by atoms with E-state index in [1.54, 1.807) is 73.3 Å². The van der Waals surface area contributed by atoms with E-state index in [-0.39, 0.29) is 63.9 Å². The zero-order chi connectivity index (χ0) is 96.0. The van der Waals surface area contributed by atoms with Crippen molar-refractivity contribution in [2.24, 2.45) is 47.3 Å². The molecule has 8 unspecified atom stereocenters. The third-order valence-corrected chi connectivity index (χ3v) is 32.7. The molecule has 8 bridgehead atoms. The largest absolute Gasteiger partial charge is 0.508 e. The number of aliphatic hydroxyl groups excluding tert-OH is 1. The van der Waals surface area contributed by atoms with Crippen molar-refractivity contribution in [1.82, 2.24) is 64.7 Å². The number of hydrogen-bond donors (Lipinski definition) is 5. The maximum absolute atomic E-state index is 16.4. The molecule has 724 valence electrons. The SMILES string of the molecule is CN(C)C1CN(c2nc(N3CC4CCC(C4)C3)c3cnc(-c4cc(O)cc5ccccc45)c(F)c3n2)C1.OC[C@@H]1CCN1c1nc(N2CC3CCC(C3)C2)c2cnc(-c3cc(O)cc4ccccc34)c(F)c2n1.Oc1cc(-c2ncc3c(N4CC5CCC(C5)C4)nc(N4CCC4)nc3c2F)c2ccccc2c1.Oc1cc(-c2ncc3c(N4CC5CCC(C5)C4)nc(N4CCCC4)nc3c2F)c2ccccc2c1. The summed E-state index contributed by atoms with van der Waals surface area (Å²) in [6.07, 6.45) is 26.2. The van der Waals surface area contributed by atoms with Gasteiger partial charge in [-0.1, -0.05) is 97.1 Å². The van der Waals surface area contributed by atoms with Gasteiger partial charge in [0.05, 0.1) is 34.2 Å². The Kier molecular flexibility index (Phi) is 23.0. The number of halogens is 4. The number of aliphatic hydroxyl groups is 1. The van der Waals surface area contributed by atoms with E-state index in [9.17, 15) is 25.5 Å². The predicted octanol–water partition coefficient (Wildman–Crippen LogP) is 19.8. The van der Waals surface area contributed by atoms with Gasteiger partial charge in [-0.15, -0.1) is 0 Å². The standard InChI is InChI=1S/C29H31FN6O.C28H28FN5O2.C28H28FN5O.C27H26FN5O/c1-34(2)20-15-36(16-20)29-32-27-24(28(33-29)35-13-17-7-8-18(9-17)14-35)12-31-26(25(27)30)23-11-21(37)10-19-5-3-4-6-22(19)23;29-24-25(22-11-20(36)10-18-3-1-2-4-21(18)22)30-12-23-26(24)31-28(34-8-7-19(34)15-35)32-27(23)33-13-16-5-6-17(9-16)14-33;29-24-25(22-13-20(35)12-19-5-1-2-6-21(19)22)30-14-23-26(24)31-28(33-9-3-4-10-33)32-27(23)34-15-17-7-8-18(11-17)16-34;28-23-24(21-12-19(34)11-18-4-1-2-5-20(18)21)29-13-22-25(23)30-27(32-8-3-9-32)31-26(22)33-14-16-6-7-17(10-16)15-33/h3-6,10-12,17-18,20,37H,7-9,13-16H2,1-2H3;1-4,10-12,16-17,19,35-36H,5-9,13-15H2;1-2,5-6,12-14,17-18,35H,3-4,7-11,15-16H2;1-2,4-5,11-13,16-17,34H,3,6-10,14-15H2/t;16?,17?,19-;;/m.0../s1. The topological polar surface area (TPSA) is 285 Å². The number of phenols is 4. The van der Waals surface area contributed by atoms with Crippen molar-refractivity contribution in [3.8, 4) is 68.0 Å². The van der Waals surface area contributed by atoms with Crippen LogP contribution >= 0.6 is 0 Å². The number of piperidine rings is 4. The van der Waals surface area contributed by atoms with Gasteiger partial charge in [0.2, 0.25) is 23.8 Å². The molecule has 28 rings (SSSR count). The molecule has 9 atom stereocenters. The molecular formula is C112H113F4N21O5. The number of pyridine rings is 4. The van der Waals surface area contributed by atoms with E-state index in [4.69, 9.17) is 39.9 Å². The highest BCUT2D eigenvalue weighted by molar-refractivity contribution is 6.05. The molecule has 8 aromatic carbocycles. The zero-order valence-electron chi connectivity index (χ0n) is 79.7. The molecule has 16 heterocycles. The molecule has 0 spiro atoms. The van der Waals surface area contributed by atoms with Gasteiger partial charge in [0.25, 0.3) is 0 Å². The van der Waals surface area contributed by atoms with Crippen molar-refractivity contribution in [2.75, 3.05) is 158 Å². The molecule has 8 aromatic heterocycles. The smallest absolute Gasteiger partial charge is 0.228 e. The van der Waals surface area contributed by atoms with Crippen LogP contribution in [0.25, 0.3) is 132 Å². The molecular weight excluding hydrogens is 1800 g/mol. The van der Waals surface area contributed by atoms with Gasteiger partial charge in [0, 0.05) is 151 Å². The van der Waals surface area contributed by atoms with Gasteiger partial charge in [-0.3, -0.25) is 19.9 Å². The van der Waals surface area contributed by atoms with Crippen LogP contribution in [0.5, 0.6) is 23.0 Å². The van der Waals surface area contributed by atoms with Gasteiger partial charge >= 0.3 is 0 Å². The van der Waals surface area contributed by atoms with Gasteiger partial charge in [0.15, 0.2) is 23.3 Å². The lowest BCUT2D eigenvalue weighted by molar-refractivity contribution is 0.225. The molecule has 0 amide bonds. The summed E-state index contributed by atoms with van der Waals surface area (Å²) >= 11 is 0. The molecule has 0 radical (unpaired) electrons. The Hall–Kier alpha value is -14.0. The van der Waals surface area contributed by atoms with Crippen LogP contribution < -0.4 is 39.2 Å². The predicted molar refractivity (Wildman–Crippen MR) is 551 cm³/mol. The van der Waals surface area contributed by atoms with E-state index in [1.165, 1.54) is 77.0 Å². The van der Waals surface area contributed by atoms with Crippen molar-refractivity contribution in [2.45, 2.75) is 115 Å². The van der Waals surface area contributed by atoms with Gasteiger partial charge in [0.1, 0.15) is 91.1 Å². The number of hydrogen-bond acceptors (Lipinski definition) is 26. The Bertz CT molecular complexity index is 7630. The average Bonchev–Trinajstić information content (AvgIpc) is 0.920. The number of nitrogens with zero attached hydrogens (tertiary/aromatic N) is 21. The summed E-state index contributed by atoms with van der Waals surface area (Å²) in [6.45, 7) is 13.5. The molecule has 5 N–H and O–H groups in total. The van der Waals surface area contributed by atoms with Crippen LogP contribution in [-0.2, 0) is 0 Å². The van der Waals surface area contributed by atoms with E-state index >= 15 is 17.6 Å². The molecule has 8 saturated heterocycles. The summed E-state index contributed by atoms with van der Waals surface area (Å²) < 4.78 is 65.3. The fourth-order valence-corrected chi connectivity index (χ4v) is 25.1. The number of aromatic nitrogens is 12. The fraction of sp³-hybridized carbons (Fsp3) is 0.393. The number of fused-ring (bicyclic) bond motifs is 16. The number of rotatable bonds is 14. The molecule has 4 aliphatic carbocycles. The lowest BCUT2D eigenvalue weighted by atomic mass is 9.98. The van der Waals surface area contributed by atoms with Crippen molar-refractivity contribution >= 4 is 134 Å². The van der Waals surface area contributed by atoms with Gasteiger partial charge in [-0.05, 0) is 256 Å². The lowest BCUT2D eigenvalue weighted by Gasteiger charge is -2.43. The molecule has 142 heavy (non-hydrogen) atoms. The highest BCUT2D eigenvalue weighted by Gasteiger charge is 2.43. The Morgan fingerprint density at radius 2 is 0.563 bits per heavy atom. The average molecular weight is 1910 g/mol. The third-order valence-electron chi connectivity index (χ3n) is 32.7. The first-order valence-electron chi connectivity index (χ1n) is 50.9. The quantitative estimate of drug-likeness (QED) is 0.0632. The van der Waals surface area contributed by atoms with Crippen molar-refractivity contribution in [1.29, 1.82) is 0 Å². The second kappa shape index (κ2) is 36.5.